The minimum atomic E-state index is -2.97. The number of carboxylic acid groups (broad SMARTS) is 1. The van der Waals surface area contributed by atoms with Crippen molar-refractivity contribution in [1.82, 2.24) is 4.90 Å². The monoisotopic (exact) mass is 299 g/mol. The molecule has 21 heavy (non-hydrogen) atoms. The molecule has 0 radical (unpaired) electrons. The maximum Gasteiger partial charge on any atom is 0.387 e. The quantitative estimate of drug-likeness (QED) is 0.906. The van der Waals surface area contributed by atoms with Gasteiger partial charge in [-0.25, -0.2) is 0 Å². The van der Waals surface area contributed by atoms with Crippen LogP contribution in [0.15, 0.2) is 24.3 Å². The summed E-state index contributed by atoms with van der Waals surface area (Å²) in [5.74, 6) is -1.11. The first-order valence-corrected chi connectivity index (χ1v) is 7.10. The van der Waals surface area contributed by atoms with Gasteiger partial charge >= 0.3 is 12.6 Å². The van der Waals surface area contributed by atoms with Crippen molar-refractivity contribution in [1.29, 1.82) is 0 Å². The van der Waals surface area contributed by atoms with Gasteiger partial charge in [-0.1, -0.05) is 31.0 Å². The normalized spacial score (nSPS) is 18.2. The smallest absolute Gasteiger partial charge is 0.387 e. The predicted molar refractivity (Wildman–Crippen MR) is 73.5 cm³/mol. The summed E-state index contributed by atoms with van der Waals surface area (Å²) < 4.78 is 29.5. The van der Waals surface area contributed by atoms with Gasteiger partial charge in [0.15, 0.2) is 0 Å². The molecule has 1 unspecified atom stereocenters. The Labute approximate surface area is 122 Å². The van der Waals surface area contributed by atoms with Gasteiger partial charge in [-0.05, 0) is 32.0 Å². The third-order valence-corrected chi connectivity index (χ3v) is 3.67. The highest BCUT2D eigenvalue weighted by Crippen LogP contribution is 2.32. The van der Waals surface area contributed by atoms with Gasteiger partial charge in [-0.15, -0.1) is 0 Å². The highest BCUT2D eigenvalue weighted by Gasteiger charge is 2.30. The number of halogens is 2. The van der Waals surface area contributed by atoms with Gasteiger partial charge in [0.25, 0.3) is 0 Å². The maximum absolute atomic E-state index is 12.5. The van der Waals surface area contributed by atoms with E-state index < -0.39 is 18.6 Å². The first-order valence-electron chi connectivity index (χ1n) is 7.10. The first kappa shape index (κ1) is 15.7. The van der Waals surface area contributed by atoms with E-state index in [1.807, 2.05) is 4.90 Å². The molecule has 0 saturated carbocycles. The van der Waals surface area contributed by atoms with Gasteiger partial charge in [-0.2, -0.15) is 8.78 Å². The highest BCUT2D eigenvalue weighted by atomic mass is 19.3. The average molecular weight is 299 g/mol. The number of alkyl halides is 2. The Kier molecular flexibility index (Phi) is 5.50. The number of ether oxygens (including phenoxy) is 1. The van der Waals surface area contributed by atoms with Crippen LogP contribution in [0.25, 0.3) is 0 Å². The standard InChI is InChI=1S/C15H19F2NO3/c16-15(17)21-12-8-4-3-7-11(12)13(14(19)20)18-9-5-1-2-6-10-18/h3-4,7-8,13,15H,1-2,5-6,9-10H2,(H,19,20). The molecule has 1 heterocycles. The van der Waals surface area contributed by atoms with E-state index >= 15 is 0 Å². The third-order valence-electron chi connectivity index (χ3n) is 3.67. The second kappa shape index (κ2) is 7.36. The molecule has 4 nitrogen and oxygen atoms in total. The van der Waals surface area contributed by atoms with Crippen molar-refractivity contribution in [3.05, 3.63) is 29.8 Å². The molecule has 1 atom stereocenters. The first-order chi connectivity index (χ1) is 10.1. The molecule has 1 aliphatic heterocycles. The molecule has 1 aromatic rings. The number of carboxylic acids is 1. The van der Waals surface area contributed by atoms with Gasteiger partial charge in [0.05, 0.1) is 0 Å². The van der Waals surface area contributed by atoms with Gasteiger partial charge in [-0.3, -0.25) is 9.69 Å². The Morgan fingerprint density at radius 3 is 2.33 bits per heavy atom. The van der Waals surface area contributed by atoms with E-state index in [1.165, 1.54) is 6.07 Å². The van der Waals surface area contributed by atoms with E-state index in [4.69, 9.17) is 0 Å². The molecule has 0 aliphatic carbocycles. The molecule has 0 bridgehead atoms. The molecule has 2 rings (SSSR count). The highest BCUT2D eigenvalue weighted by molar-refractivity contribution is 5.76. The van der Waals surface area contributed by atoms with E-state index in [9.17, 15) is 18.7 Å². The molecule has 0 spiro atoms. The van der Waals surface area contributed by atoms with Crippen molar-refractivity contribution in [2.45, 2.75) is 38.3 Å². The number of aliphatic carboxylic acids is 1. The minimum absolute atomic E-state index is 0.0656. The molecule has 1 aliphatic rings. The fourth-order valence-electron chi connectivity index (χ4n) is 2.75. The summed E-state index contributed by atoms with van der Waals surface area (Å²) in [6.07, 6.45) is 3.97. The largest absolute Gasteiger partial charge is 0.480 e. The number of nitrogens with zero attached hydrogens (tertiary/aromatic N) is 1. The van der Waals surface area contributed by atoms with E-state index in [2.05, 4.69) is 4.74 Å². The van der Waals surface area contributed by atoms with Crippen molar-refractivity contribution < 1.29 is 23.4 Å². The van der Waals surface area contributed by atoms with Crippen molar-refractivity contribution in [2.24, 2.45) is 0 Å². The molecule has 1 aromatic carbocycles. The minimum Gasteiger partial charge on any atom is -0.480 e. The van der Waals surface area contributed by atoms with Crippen LogP contribution in [0.2, 0.25) is 0 Å². The van der Waals surface area contributed by atoms with E-state index in [0.29, 0.717) is 13.1 Å². The van der Waals surface area contributed by atoms with Crippen LogP contribution in [-0.4, -0.2) is 35.7 Å². The summed E-state index contributed by atoms with van der Waals surface area (Å²) in [7, 11) is 0. The summed E-state index contributed by atoms with van der Waals surface area (Å²) >= 11 is 0. The molecule has 6 heteroatoms. The average Bonchev–Trinajstić information content (AvgIpc) is 2.69. The van der Waals surface area contributed by atoms with Crippen LogP contribution < -0.4 is 4.74 Å². The van der Waals surface area contributed by atoms with Gasteiger partial charge in [0, 0.05) is 5.56 Å². The fourth-order valence-corrected chi connectivity index (χ4v) is 2.75. The predicted octanol–water partition coefficient (Wildman–Crippen LogP) is 3.29. The van der Waals surface area contributed by atoms with Crippen LogP contribution in [0.3, 0.4) is 0 Å². The second-order valence-electron chi connectivity index (χ2n) is 5.11. The zero-order valence-corrected chi connectivity index (χ0v) is 11.7. The molecule has 1 N–H and O–H groups in total. The molecule has 116 valence electrons. The van der Waals surface area contributed by atoms with Crippen molar-refractivity contribution in [2.75, 3.05) is 13.1 Å². The van der Waals surface area contributed by atoms with Crippen LogP contribution in [-0.2, 0) is 4.79 Å². The molecule has 1 fully saturated rings. The maximum atomic E-state index is 12.5. The number of likely N-dealkylation sites (tertiary alicyclic amines) is 1. The molecular formula is C15H19F2NO3. The summed E-state index contributed by atoms with van der Waals surface area (Å²) in [6.45, 7) is -1.66. The number of rotatable bonds is 5. The van der Waals surface area contributed by atoms with Crippen LogP contribution in [0.1, 0.15) is 37.3 Å². The van der Waals surface area contributed by atoms with Crippen LogP contribution in [0, 0.1) is 0 Å². The lowest BCUT2D eigenvalue weighted by molar-refractivity contribution is -0.143. The van der Waals surface area contributed by atoms with Crippen molar-refractivity contribution >= 4 is 5.97 Å². The number of carbonyl (C=O) groups is 1. The lowest BCUT2D eigenvalue weighted by Crippen LogP contribution is -2.35. The van der Waals surface area contributed by atoms with Crippen LogP contribution in [0.5, 0.6) is 5.75 Å². The van der Waals surface area contributed by atoms with E-state index in [-0.39, 0.29) is 11.3 Å². The number of hydrogen-bond acceptors (Lipinski definition) is 3. The summed E-state index contributed by atoms with van der Waals surface area (Å²) in [5.41, 5.74) is 0.284. The molecule has 1 saturated heterocycles. The molecule has 0 aromatic heterocycles. The summed E-state index contributed by atoms with van der Waals surface area (Å²) in [4.78, 5) is 13.5. The molecule has 0 amide bonds. The summed E-state index contributed by atoms with van der Waals surface area (Å²) in [6, 6.07) is 5.18. The SMILES string of the molecule is O=C(O)C(c1ccccc1OC(F)F)N1CCCCCC1. The van der Waals surface area contributed by atoms with E-state index in [0.717, 1.165) is 25.7 Å². The van der Waals surface area contributed by atoms with Gasteiger partial charge in [0.1, 0.15) is 11.8 Å². The van der Waals surface area contributed by atoms with Gasteiger partial charge in [0.2, 0.25) is 0 Å². The van der Waals surface area contributed by atoms with Crippen LogP contribution >= 0.6 is 0 Å². The Balaban J connectivity index is 2.31. The Bertz CT molecular complexity index is 474. The van der Waals surface area contributed by atoms with E-state index in [1.54, 1.807) is 18.2 Å². The summed E-state index contributed by atoms with van der Waals surface area (Å²) in [5, 5.41) is 9.54. The Morgan fingerprint density at radius 1 is 1.14 bits per heavy atom. The fraction of sp³-hybridized carbons (Fsp3) is 0.533. The lowest BCUT2D eigenvalue weighted by atomic mass is 10.0. The topological polar surface area (TPSA) is 49.8 Å². The van der Waals surface area contributed by atoms with Crippen molar-refractivity contribution in [3.63, 3.8) is 0 Å². The van der Waals surface area contributed by atoms with Crippen molar-refractivity contribution in [3.8, 4) is 5.75 Å². The Hall–Kier alpha value is -1.69. The lowest BCUT2D eigenvalue weighted by Gasteiger charge is -2.28. The third kappa shape index (κ3) is 4.14. The zero-order chi connectivity index (χ0) is 15.2. The zero-order valence-electron chi connectivity index (χ0n) is 11.7. The number of para-hydroxylation sites is 1. The Morgan fingerprint density at radius 2 is 1.76 bits per heavy atom. The molecular weight excluding hydrogens is 280 g/mol. The van der Waals surface area contributed by atoms with Gasteiger partial charge < -0.3 is 9.84 Å². The van der Waals surface area contributed by atoms with Crippen LogP contribution in [0.4, 0.5) is 8.78 Å². The number of benzene rings is 1. The number of hydrogen-bond donors (Lipinski definition) is 1. The second-order valence-corrected chi connectivity index (χ2v) is 5.11.